The summed E-state index contributed by atoms with van der Waals surface area (Å²) in [5.41, 5.74) is 2.16. The number of aromatic nitrogens is 3. The summed E-state index contributed by atoms with van der Waals surface area (Å²) in [6.45, 7) is 4.73. The van der Waals surface area contributed by atoms with Gasteiger partial charge >= 0.3 is 13.9 Å². The van der Waals surface area contributed by atoms with E-state index in [4.69, 9.17) is 14.5 Å². The van der Waals surface area contributed by atoms with Gasteiger partial charge in [0.2, 0.25) is 6.79 Å². The maximum atomic E-state index is 13.4. The molecule has 14 nitrogen and oxygen atoms in total. The van der Waals surface area contributed by atoms with Crippen LogP contribution in [0, 0.1) is 13.8 Å². The van der Waals surface area contributed by atoms with Gasteiger partial charge in [-0.15, -0.1) is 0 Å². The van der Waals surface area contributed by atoms with Crippen molar-refractivity contribution in [2.45, 2.75) is 46.1 Å². The minimum atomic E-state index is -4.92. The quantitative estimate of drug-likeness (QED) is 0.212. The molecule has 0 saturated heterocycles. The molecule has 0 aliphatic heterocycles. The first-order valence-electron chi connectivity index (χ1n) is 12.2. The molecule has 4 N–H and O–H groups in total. The van der Waals surface area contributed by atoms with Crippen molar-refractivity contribution in [2.75, 3.05) is 18.2 Å². The van der Waals surface area contributed by atoms with Crippen LogP contribution >= 0.6 is 7.82 Å². The van der Waals surface area contributed by atoms with Gasteiger partial charge in [0.15, 0.2) is 5.82 Å². The van der Waals surface area contributed by atoms with Crippen molar-refractivity contribution in [2.24, 2.45) is 0 Å². The zero-order valence-electron chi connectivity index (χ0n) is 21.6. The summed E-state index contributed by atoms with van der Waals surface area (Å²) < 4.78 is 21.8. The molecule has 0 radical (unpaired) electrons. The van der Waals surface area contributed by atoms with E-state index in [1.807, 2.05) is 6.92 Å². The number of rotatable bonds is 10. The van der Waals surface area contributed by atoms with E-state index in [-0.39, 0.29) is 34.9 Å². The van der Waals surface area contributed by atoms with Gasteiger partial charge in [-0.25, -0.2) is 28.3 Å². The molecule has 1 aliphatic carbocycles. The van der Waals surface area contributed by atoms with Crippen molar-refractivity contribution in [1.82, 2.24) is 25.2 Å². The monoisotopic (exact) mass is 560 g/mol. The molecule has 1 fully saturated rings. The van der Waals surface area contributed by atoms with Crippen molar-refractivity contribution in [1.29, 1.82) is 0 Å². The standard InChI is InChI=1S/C24H29N6O8P/c1-4-9-25-23(32)18-11-29-20(15(18)3)21(26-12-27-29)30(24(33)37-13-38-39(34,35)36)19-10-16(6-5-14(19)2)22(31)28-17-7-8-17/h5-6,10-12,17H,4,7-9,13H2,1-3H3,(H,25,32)(H,28,31)(H2,34,35,36). The first kappa shape index (κ1) is 28.2. The Hall–Kier alpha value is -3.84. The van der Waals surface area contributed by atoms with Crippen molar-refractivity contribution >= 4 is 42.8 Å². The molecular weight excluding hydrogens is 531 g/mol. The summed E-state index contributed by atoms with van der Waals surface area (Å²) >= 11 is 0. The summed E-state index contributed by atoms with van der Waals surface area (Å²) in [6.07, 6.45) is 4.12. The van der Waals surface area contributed by atoms with E-state index in [9.17, 15) is 18.9 Å². The van der Waals surface area contributed by atoms with Crippen LogP contribution in [0.4, 0.5) is 16.3 Å². The van der Waals surface area contributed by atoms with Crippen LogP contribution in [-0.2, 0) is 13.8 Å². The number of fused-ring (bicyclic) bond motifs is 1. The van der Waals surface area contributed by atoms with Gasteiger partial charge in [-0.2, -0.15) is 5.10 Å². The Morgan fingerprint density at radius 3 is 2.62 bits per heavy atom. The Kier molecular flexibility index (Phi) is 8.31. The number of benzene rings is 1. The van der Waals surface area contributed by atoms with Gasteiger partial charge < -0.3 is 25.2 Å². The summed E-state index contributed by atoms with van der Waals surface area (Å²) in [7, 11) is -4.92. The first-order valence-corrected chi connectivity index (χ1v) is 13.7. The molecule has 1 saturated carbocycles. The van der Waals surface area contributed by atoms with Crippen molar-refractivity contribution in [3.05, 3.63) is 53.0 Å². The second kappa shape index (κ2) is 11.5. The number of nitrogens with zero attached hydrogens (tertiary/aromatic N) is 4. The average Bonchev–Trinajstić information content (AvgIpc) is 3.63. The second-order valence-electron chi connectivity index (χ2n) is 9.03. The van der Waals surface area contributed by atoms with E-state index in [0.717, 1.165) is 24.2 Å². The Labute approximate surface area is 223 Å². The molecule has 208 valence electrons. The van der Waals surface area contributed by atoms with Crippen LogP contribution in [0.5, 0.6) is 0 Å². The fraction of sp³-hybridized carbons (Fsp3) is 0.375. The highest BCUT2D eigenvalue weighted by molar-refractivity contribution is 7.46. The van der Waals surface area contributed by atoms with Crippen LogP contribution in [0.3, 0.4) is 0 Å². The lowest BCUT2D eigenvalue weighted by Gasteiger charge is -2.24. The average molecular weight is 561 g/mol. The summed E-state index contributed by atoms with van der Waals surface area (Å²) in [5.74, 6) is -0.635. The highest BCUT2D eigenvalue weighted by atomic mass is 31.2. The third-order valence-electron chi connectivity index (χ3n) is 6.01. The fourth-order valence-electron chi connectivity index (χ4n) is 3.86. The molecular formula is C24H29N6O8P. The number of aryl methyl sites for hydroxylation is 2. The van der Waals surface area contributed by atoms with E-state index >= 15 is 0 Å². The molecule has 2 heterocycles. The van der Waals surface area contributed by atoms with E-state index in [1.54, 1.807) is 26.0 Å². The molecule has 1 aromatic carbocycles. The van der Waals surface area contributed by atoms with Crippen LogP contribution in [0.25, 0.3) is 5.52 Å². The topological polar surface area (TPSA) is 185 Å². The minimum Gasteiger partial charge on any atom is -0.421 e. The lowest BCUT2D eigenvalue weighted by Crippen LogP contribution is -2.30. The van der Waals surface area contributed by atoms with Crippen LogP contribution in [0.1, 0.15) is 58.0 Å². The third kappa shape index (κ3) is 6.60. The van der Waals surface area contributed by atoms with E-state index < -0.39 is 20.7 Å². The number of hydrogen-bond acceptors (Lipinski definition) is 8. The second-order valence-corrected chi connectivity index (χ2v) is 10.3. The normalized spacial score (nSPS) is 13.3. The van der Waals surface area contributed by atoms with Gasteiger partial charge in [0.1, 0.15) is 11.8 Å². The fourth-order valence-corrected chi connectivity index (χ4v) is 4.05. The molecule has 3 aromatic rings. The predicted molar refractivity (Wildman–Crippen MR) is 139 cm³/mol. The highest BCUT2D eigenvalue weighted by Crippen LogP contribution is 2.37. The largest absolute Gasteiger partial charge is 0.472 e. The number of nitrogens with one attached hydrogen (secondary N) is 2. The molecule has 0 bridgehead atoms. The summed E-state index contributed by atoms with van der Waals surface area (Å²) in [5, 5.41) is 9.88. The molecule has 39 heavy (non-hydrogen) atoms. The lowest BCUT2D eigenvalue weighted by atomic mass is 10.1. The van der Waals surface area contributed by atoms with Crippen molar-refractivity contribution in [3.8, 4) is 0 Å². The Bertz CT molecular complexity index is 1460. The van der Waals surface area contributed by atoms with Crippen LogP contribution in [0.15, 0.2) is 30.7 Å². The number of carbonyl (C=O) groups is 3. The number of anilines is 2. The summed E-state index contributed by atoms with van der Waals surface area (Å²) in [6, 6.07) is 4.86. The third-order valence-corrected chi connectivity index (χ3v) is 6.45. The van der Waals surface area contributed by atoms with Crippen molar-refractivity contribution in [3.63, 3.8) is 0 Å². The number of hydrogen-bond donors (Lipinski definition) is 4. The Morgan fingerprint density at radius 2 is 1.95 bits per heavy atom. The first-order chi connectivity index (χ1) is 18.5. The van der Waals surface area contributed by atoms with Crippen LogP contribution in [-0.4, -0.2) is 61.7 Å². The van der Waals surface area contributed by atoms with Gasteiger partial charge in [-0.3, -0.25) is 9.59 Å². The van der Waals surface area contributed by atoms with E-state index in [0.29, 0.717) is 28.8 Å². The molecule has 15 heteroatoms. The number of phosphoric acid groups is 1. The predicted octanol–water partition coefficient (Wildman–Crippen LogP) is 2.72. The van der Waals surface area contributed by atoms with Gasteiger partial charge in [0.05, 0.1) is 11.3 Å². The molecule has 0 spiro atoms. The Morgan fingerprint density at radius 1 is 1.21 bits per heavy atom. The number of amides is 3. The maximum absolute atomic E-state index is 13.4. The zero-order chi connectivity index (χ0) is 28.3. The molecule has 2 aromatic heterocycles. The number of phosphoric ester groups is 1. The SMILES string of the molecule is CCCNC(=O)c1cn2ncnc(N(C(=O)OCOP(=O)(O)O)c3cc(C(=O)NC4CC4)ccc3C)c2c1C. The Balaban J connectivity index is 1.81. The lowest BCUT2D eigenvalue weighted by molar-refractivity contribution is 0.0445. The maximum Gasteiger partial charge on any atom is 0.472 e. The zero-order valence-corrected chi connectivity index (χ0v) is 22.5. The molecule has 3 amide bonds. The van der Waals surface area contributed by atoms with Crippen molar-refractivity contribution < 1.29 is 38.0 Å². The molecule has 0 atom stereocenters. The van der Waals surface area contributed by atoms with Crippen LogP contribution in [0.2, 0.25) is 0 Å². The number of carbonyl (C=O) groups excluding carboxylic acids is 3. The van der Waals surface area contributed by atoms with Gasteiger partial charge in [-0.1, -0.05) is 13.0 Å². The molecule has 4 rings (SSSR count). The summed E-state index contributed by atoms with van der Waals surface area (Å²) in [4.78, 5) is 62.3. The van der Waals surface area contributed by atoms with Gasteiger partial charge in [0.25, 0.3) is 11.8 Å². The highest BCUT2D eigenvalue weighted by Gasteiger charge is 2.30. The number of ether oxygens (including phenoxy) is 1. The minimum absolute atomic E-state index is 0.0149. The van der Waals surface area contributed by atoms with E-state index in [1.165, 1.54) is 23.1 Å². The molecule has 0 unspecified atom stereocenters. The van der Waals surface area contributed by atoms with Crippen LogP contribution < -0.4 is 15.5 Å². The van der Waals surface area contributed by atoms with Gasteiger partial charge in [0, 0.05) is 24.3 Å². The molecule has 1 aliphatic rings. The van der Waals surface area contributed by atoms with E-state index in [2.05, 4.69) is 25.2 Å². The van der Waals surface area contributed by atoms with Gasteiger partial charge in [-0.05, 0) is 56.4 Å². The smallest absolute Gasteiger partial charge is 0.421 e.